The maximum atomic E-state index is 12.2. The van der Waals surface area contributed by atoms with Crippen LogP contribution in [0.1, 0.15) is 44.3 Å². The summed E-state index contributed by atoms with van der Waals surface area (Å²) >= 11 is 0. The number of ether oxygens (including phenoxy) is 2. The number of nitrogens with zero attached hydrogens (tertiary/aromatic N) is 4. The zero-order chi connectivity index (χ0) is 18.4. The topological polar surface area (TPSA) is 80.9 Å². The van der Waals surface area contributed by atoms with Gasteiger partial charge in [0.1, 0.15) is 0 Å². The van der Waals surface area contributed by atoms with E-state index in [0.29, 0.717) is 43.8 Å². The highest BCUT2D eigenvalue weighted by molar-refractivity contribution is 5.75. The monoisotopic (exact) mass is 366 g/mol. The Morgan fingerprint density at radius 1 is 1.27 bits per heavy atom. The molecule has 2 fully saturated rings. The Hall–Kier alpha value is -1.67. The minimum atomic E-state index is 0.0903. The molecule has 0 aromatic carbocycles. The number of urea groups is 1. The van der Waals surface area contributed by atoms with Crippen molar-refractivity contribution in [3.63, 3.8) is 0 Å². The standard InChI is InChI=1S/C18H30N4O4/c1-3-21(4-2)18(23)22-11-15(12-22)17-19-16(20-26-17)7-10-25-13-14-5-8-24-9-6-14/h14-15H,3-13H2,1-2H3. The van der Waals surface area contributed by atoms with Gasteiger partial charge in [-0.2, -0.15) is 4.98 Å². The van der Waals surface area contributed by atoms with E-state index in [-0.39, 0.29) is 11.9 Å². The summed E-state index contributed by atoms with van der Waals surface area (Å²) in [7, 11) is 0. The average Bonchev–Trinajstić information content (AvgIpc) is 3.08. The van der Waals surface area contributed by atoms with E-state index in [0.717, 1.165) is 45.8 Å². The summed E-state index contributed by atoms with van der Waals surface area (Å²) in [5.41, 5.74) is 0. The molecule has 2 aliphatic heterocycles. The Labute approximate surface area is 154 Å². The van der Waals surface area contributed by atoms with Gasteiger partial charge in [-0.1, -0.05) is 5.16 Å². The van der Waals surface area contributed by atoms with Crippen LogP contribution < -0.4 is 0 Å². The summed E-state index contributed by atoms with van der Waals surface area (Å²) in [6.07, 6.45) is 2.81. The van der Waals surface area contributed by atoms with Crippen LogP contribution in [0.4, 0.5) is 4.79 Å². The highest BCUT2D eigenvalue weighted by Crippen LogP contribution is 2.26. The van der Waals surface area contributed by atoms with E-state index in [1.807, 2.05) is 23.6 Å². The van der Waals surface area contributed by atoms with Crippen molar-refractivity contribution in [3.8, 4) is 0 Å². The Bertz CT molecular complexity index is 563. The minimum Gasteiger partial charge on any atom is -0.381 e. The Kier molecular flexibility index (Phi) is 6.85. The summed E-state index contributed by atoms with van der Waals surface area (Å²) < 4.78 is 16.5. The van der Waals surface area contributed by atoms with Crippen LogP contribution in [0, 0.1) is 5.92 Å². The molecule has 0 radical (unpaired) electrons. The van der Waals surface area contributed by atoms with Crippen LogP contribution in [0.15, 0.2) is 4.52 Å². The largest absolute Gasteiger partial charge is 0.381 e. The molecule has 0 spiro atoms. The molecule has 146 valence electrons. The molecular formula is C18H30N4O4. The van der Waals surface area contributed by atoms with Gasteiger partial charge in [0, 0.05) is 52.4 Å². The van der Waals surface area contributed by atoms with Crippen molar-refractivity contribution >= 4 is 6.03 Å². The molecule has 26 heavy (non-hydrogen) atoms. The van der Waals surface area contributed by atoms with Crippen LogP contribution in [0.5, 0.6) is 0 Å². The molecule has 2 amide bonds. The third-order valence-electron chi connectivity index (χ3n) is 5.18. The fourth-order valence-corrected chi connectivity index (χ4v) is 3.35. The zero-order valence-corrected chi connectivity index (χ0v) is 15.9. The van der Waals surface area contributed by atoms with E-state index >= 15 is 0 Å². The Balaban J connectivity index is 1.35. The van der Waals surface area contributed by atoms with Gasteiger partial charge in [-0.15, -0.1) is 0 Å². The van der Waals surface area contributed by atoms with Gasteiger partial charge in [0.05, 0.1) is 12.5 Å². The number of carbonyl (C=O) groups excluding carboxylic acids is 1. The minimum absolute atomic E-state index is 0.0903. The third kappa shape index (κ3) is 4.73. The third-order valence-corrected chi connectivity index (χ3v) is 5.18. The van der Waals surface area contributed by atoms with Crippen LogP contribution in [0.25, 0.3) is 0 Å². The lowest BCUT2D eigenvalue weighted by atomic mass is 10.0. The van der Waals surface area contributed by atoms with E-state index < -0.39 is 0 Å². The van der Waals surface area contributed by atoms with Crippen LogP contribution in [0.2, 0.25) is 0 Å². The van der Waals surface area contributed by atoms with E-state index in [9.17, 15) is 4.79 Å². The van der Waals surface area contributed by atoms with Gasteiger partial charge in [0.15, 0.2) is 5.82 Å². The fraction of sp³-hybridized carbons (Fsp3) is 0.833. The molecule has 0 bridgehead atoms. The van der Waals surface area contributed by atoms with Crippen LogP contribution in [-0.4, -0.2) is 78.6 Å². The maximum Gasteiger partial charge on any atom is 0.320 e. The molecule has 2 aliphatic rings. The zero-order valence-electron chi connectivity index (χ0n) is 15.9. The van der Waals surface area contributed by atoms with Crippen molar-refractivity contribution in [2.24, 2.45) is 5.92 Å². The van der Waals surface area contributed by atoms with E-state index in [1.54, 1.807) is 0 Å². The SMILES string of the molecule is CCN(CC)C(=O)N1CC(c2nc(CCOCC3CCOCC3)no2)C1. The molecule has 1 aromatic rings. The quantitative estimate of drug-likeness (QED) is 0.654. The number of hydrogen-bond acceptors (Lipinski definition) is 6. The Morgan fingerprint density at radius 2 is 2.00 bits per heavy atom. The maximum absolute atomic E-state index is 12.2. The average molecular weight is 366 g/mol. The lowest BCUT2D eigenvalue weighted by Crippen LogP contribution is -2.53. The van der Waals surface area contributed by atoms with Gasteiger partial charge in [-0.3, -0.25) is 0 Å². The highest BCUT2D eigenvalue weighted by Gasteiger charge is 2.36. The van der Waals surface area contributed by atoms with Crippen LogP contribution in [-0.2, 0) is 15.9 Å². The second-order valence-electron chi connectivity index (χ2n) is 6.99. The number of aromatic nitrogens is 2. The van der Waals surface area contributed by atoms with Crippen molar-refractivity contribution in [1.29, 1.82) is 0 Å². The second-order valence-corrected chi connectivity index (χ2v) is 6.99. The molecular weight excluding hydrogens is 336 g/mol. The van der Waals surface area contributed by atoms with Crippen molar-refractivity contribution in [2.45, 2.75) is 39.0 Å². The highest BCUT2D eigenvalue weighted by atomic mass is 16.5. The summed E-state index contributed by atoms with van der Waals surface area (Å²) in [4.78, 5) is 20.4. The number of carbonyl (C=O) groups is 1. The lowest BCUT2D eigenvalue weighted by molar-refractivity contribution is 0.0211. The van der Waals surface area contributed by atoms with Crippen LogP contribution in [0.3, 0.4) is 0 Å². The van der Waals surface area contributed by atoms with Crippen molar-refractivity contribution < 1.29 is 18.8 Å². The second kappa shape index (κ2) is 9.32. The smallest absolute Gasteiger partial charge is 0.320 e. The van der Waals surface area contributed by atoms with Gasteiger partial charge in [0.2, 0.25) is 5.89 Å². The number of hydrogen-bond donors (Lipinski definition) is 0. The summed E-state index contributed by atoms with van der Waals surface area (Å²) in [5, 5.41) is 4.04. The summed E-state index contributed by atoms with van der Waals surface area (Å²) in [6.45, 7) is 9.82. The number of amides is 2. The van der Waals surface area contributed by atoms with Crippen molar-refractivity contribution in [2.75, 3.05) is 52.6 Å². The van der Waals surface area contributed by atoms with E-state index in [1.165, 1.54) is 0 Å². The normalized spacial score (nSPS) is 18.8. The van der Waals surface area contributed by atoms with Gasteiger partial charge >= 0.3 is 6.03 Å². The predicted octanol–water partition coefficient (Wildman–Crippen LogP) is 1.92. The molecule has 8 nitrogen and oxygen atoms in total. The molecule has 8 heteroatoms. The molecule has 0 N–H and O–H groups in total. The number of likely N-dealkylation sites (tertiary alicyclic amines) is 1. The van der Waals surface area contributed by atoms with Gasteiger partial charge < -0.3 is 23.8 Å². The van der Waals surface area contributed by atoms with Crippen LogP contribution >= 0.6 is 0 Å². The van der Waals surface area contributed by atoms with Gasteiger partial charge in [0.25, 0.3) is 0 Å². The molecule has 0 atom stereocenters. The molecule has 0 unspecified atom stereocenters. The van der Waals surface area contributed by atoms with Gasteiger partial charge in [-0.05, 0) is 32.6 Å². The first-order valence-electron chi connectivity index (χ1n) is 9.73. The first-order chi connectivity index (χ1) is 12.7. The van der Waals surface area contributed by atoms with Crippen molar-refractivity contribution in [1.82, 2.24) is 19.9 Å². The lowest BCUT2D eigenvalue weighted by Gasteiger charge is -2.39. The van der Waals surface area contributed by atoms with E-state index in [4.69, 9.17) is 14.0 Å². The number of rotatable bonds is 8. The predicted molar refractivity (Wildman–Crippen MR) is 95.0 cm³/mol. The molecule has 1 aromatic heterocycles. The van der Waals surface area contributed by atoms with E-state index in [2.05, 4.69) is 10.1 Å². The van der Waals surface area contributed by atoms with Gasteiger partial charge in [-0.25, -0.2) is 4.79 Å². The molecule has 0 aliphatic carbocycles. The first-order valence-corrected chi connectivity index (χ1v) is 9.73. The fourth-order valence-electron chi connectivity index (χ4n) is 3.35. The Morgan fingerprint density at radius 3 is 2.69 bits per heavy atom. The molecule has 2 saturated heterocycles. The summed E-state index contributed by atoms with van der Waals surface area (Å²) in [6, 6.07) is 0.0903. The molecule has 3 rings (SSSR count). The first kappa shape index (κ1) is 19.1. The summed E-state index contributed by atoms with van der Waals surface area (Å²) in [5.74, 6) is 2.07. The van der Waals surface area contributed by atoms with Crippen molar-refractivity contribution in [3.05, 3.63) is 11.7 Å². The molecule has 3 heterocycles. The molecule has 0 saturated carbocycles.